The minimum absolute atomic E-state index is 0.0848. The summed E-state index contributed by atoms with van der Waals surface area (Å²) in [6.45, 7) is 5.67. The van der Waals surface area contributed by atoms with Gasteiger partial charge in [0.15, 0.2) is 6.61 Å². The standard InChI is InChI=1S/C23H28N4O4/c1-4-16(3)25-22(29)23(30)27-24-14-18-8-12-20(13-9-18)31-15-21(28)26-19-10-6-17(5-2)7-11-19/h6-14,16H,4-5,15H2,1-3H3,(H,25,29)(H,26,28)(H,27,30)/b24-14-/t16-/m1/s1. The Bertz CT molecular complexity index is 908. The number of hydrogen-bond donors (Lipinski definition) is 3. The largest absolute Gasteiger partial charge is 0.484 e. The summed E-state index contributed by atoms with van der Waals surface area (Å²) in [5.41, 5.74) is 4.79. The number of carbonyl (C=O) groups is 3. The summed E-state index contributed by atoms with van der Waals surface area (Å²) in [7, 11) is 0. The van der Waals surface area contributed by atoms with Gasteiger partial charge in [-0.25, -0.2) is 5.43 Å². The molecule has 0 saturated heterocycles. The first-order valence-electron chi connectivity index (χ1n) is 10.2. The van der Waals surface area contributed by atoms with Crippen LogP contribution in [0.3, 0.4) is 0 Å². The topological polar surface area (TPSA) is 109 Å². The first-order valence-corrected chi connectivity index (χ1v) is 10.2. The number of benzene rings is 2. The highest BCUT2D eigenvalue weighted by molar-refractivity contribution is 6.35. The van der Waals surface area contributed by atoms with Gasteiger partial charge in [0.05, 0.1) is 6.21 Å². The van der Waals surface area contributed by atoms with E-state index in [0.29, 0.717) is 11.3 Å². The van der Waals surface area contributed by atoms with E-state index in [0.717, 1.165) is 18.5 Å². The van der Waals surface area contributed by atoms with Crippen molar-refractivity contribution < 1.29 is 19.1 Å². The molecule has 0 unspecified atom stereocenters. The molecule has 1 atom stereocenters. The number of anilines is 1. The molecule has 164 valence electrons. The summed E-state index contributed by atoms with van der Waals surface area (Å²) in [5, 5.41) is 9.10. The van der Waals surface area contributed by atoms with Gasteiger partial charge >= 0.3 is 11.8 Å². The molecule has 0 aromatic heterocycles. The Balaban J connectivity index is 1.76. The molecular formula is C23H28N4O4. The van der Waals surface area contributed by atoms with E-state index in [9.17, 15) is 14.4 Å². The van der Waals surface area contributed by atoms with Crippen molar-refractivity contribution in [2.24, 2.45) is 5.10 Å². The molecule has 0 fully saturated rings. The number of amides is 3. The molecular weight excluding hydrogens is 396 g/mol. The van der Waals surface area contributed by atoms with Crippen LogP contribution in [0.1, 0.15) is 38.3 Å². The molecule has 0 heterocycles. The Morgan fingerprint density at radius 1 is 1.00 bits per heavy atom. The number of hydrogen-bond acceptors (Lipinski definition) is 5. The third-order valence-electron chi connectivity index (χ3n) is 4.47. The average Bonchev–Trinajstić information content (AvgIpc) is 2.78. The molecule has 0 aliphatic heterocycles. The van der Waals surface area contributed by atoms with Gasteiger partial charge in [-0.1, -0.05) is 26.0 Å². The van der Waals surface area contributed by atoms with Crippen molar-refractivity contribution >= 4 is 29.6 Å². The van der Waals surface area contributed by atoms with Crippen molar-refractivity contribution in [2.75, 3.05) is 11.9 Å². The zero-order valence-electron chi connectivity index (χ0n) is 18.0. The zero-order chi connectivity index (χ0) is 22.6. The fourth-order valence-corrected chi connectivity index (χ4v) is 2.43. The molecule has 2 aromatic carbocycles. The molecule has 3 amide bonds. The van der Waals surface area contributed by atoms with E-state index in [2.05, 4.69) is 28.1 Å². The highest BCUT2D eigenvalue weighted by Gasteiger charge is 2.14. The maximum atomic E-state index is 12.0. The Kier molecular flexibility index (Phi) is 9.22. The average molecular weight is 425 g/mol. The van der Waals surface area contributed by atoms with Gasteiger partial charge in [-0.05, 0) is 67.3 Å². The van der Waals surface area contributed by atoms with E-state index in [-0.39, 0.29) is 18.6 Å². The number of ether oxygens (including phenoxy) is 1. The van der Waals surface area contributed by atoms with Crippen LogP contribution in [0.5, 0.6) is 5.75 Å². The molecule has 2 aromatic rings. The quantitative estimate of drug-likeness (QED) is 0.327. The van der Waals surface area contributed by atoms with Gasteiger partial charge in [0, 0.05) is 11.7 Å². The maximum Gasteiger partial charge on any atom is 0.329 e. The van der Waals surface area contributed by atoms with E-state index in [4.69, 9.17) is 4.74 Å². The molecule has 0 saturated carbocycles. The van der Waals surface area contributed by atoms with Crippen LogP contribution in [-0.4, -0.2) is 36.6 Å². The lowest BCUT2D eigenvalue weighted by Gasteiger charge is -2.09. The summed E-state index contributed by atoms with van der Waals surface area (Å²) < 4.78 is 5.48. The Morgan fingerprint density at radius 3 is 2.29 bits per heavy atom. The lowest BCUT2D eigenvalue weighted by Crippen LogP contribution is -2.41. The molecule has 3 N–H and O–H groups in total. The lowest BCUT2D eigenvalue weighted by atomic mass is 10.1. The molecule has 0 bridgehead atoms. The normalized spacial score (nSPS) is 11.6. The summed E-state index contributed by atoms with van der Waals surface area (Å²) in [4.78, 5) is 35.3. The van der Waals surface area contributed by atoms with Gasteiger partial charge in [-0.3, -0.25) is 14.4 Å². The van der Waals surface area contributed by atoms with Crippen molar-refractivity contribution in [3.8, 4) is 5.75 Å². The molecule has 0 aliphatic carbocycles. The van der Waals surface area contributed by atoms with E-state index in [1.807, 2.05) is 38.1 Å². The van der Waals surface area contributed by atoms with Gasteiger partial charge in [0.25, 0.3) is 5.91 Å². The summed E-state index contributed by atoms with van der Waals surface area (Å²) in [6, 6.07) is 14.4. The first-order chi connectivity index (χ1) is 14.9. The first kappa shape index (κ1) is 23.6. The zero-order valence-corrected chi connectivity index (χ0v) is 18.0. The van der Waals surface area contributed by atoms with Gasteiger partial charge in [-0.2, -0.15) is 5.10 Å². The minimum Gasteiger partial charge on any atom is -0.484 e. The van der Waals surface area contributed by atoms with E-state index in [1.54, 1.807) is 24.3 Å². The number of nitrogens with zero attached hydrogens (tertiary/aromatic N) is 1. The molecule has 8 heteroatoms. The summed E-state index contributed by atoms with van der Waals surface area (Å²) in [5.74, 6) is -1.29. The molecule has 0 radical (unpaired) electrons. The molecule has 8 nitrogen and oxygen atoms in total. The Morgan fingerprint density at radius 2 is 1.68 bits per heavy atom. The van der Waals surface area contributed by atoms with Crippen LogP contribution in [0.4, 0.5) is 5.69 Å². The fourth-order valence-electron chi connectivity index (χ4n) is 2.43. The fraction of sp³-hybridized carbons (Fsp3) is 0.304. The smallest absolute Gasteiger partial charge is 0.329 e. The second kappa shape index (κ2) is 12.1. The van der Waals surface area contributed by atoms with E-state index in [1.165, 1.54) is 11.8 Å². The van der Waals surface area contributed by atoms with Crippen LogP contribution in [0, 0.1) is 0 Å². The van der Waals surface area contributed by atoms with Crippen molar-refractivity contribution in [3.05, 3.63) is 59.7 Å². The van der Waals surface area contributed by atoms with Crippen LogP contribution >= 0.6 is 0 Å². The van der Waals surface area contributed by atoms with Crippen LogP contribution in [0.2, 0.25) is 0 Å². The number of aryl methyl sites for hydroxylation is 1. The predicted molar refractivity (Wildman–Crippen MR) is 120 cm³/mol. The van der Waals surface area contributed by atoms with Gasteiger partial charge in [0.2, 0.25) is 0 Å². The van der Waals surface area contributed by atoms with Crippen LogP contribution in [0.15, 0.2) is 53.6 Å². The van der Waals surface area contributed by atoms with Gasteiger partial charge in [-0.15, -0.1) is 0 Å². The van der Waals surface area contributed by atoms with Crippen LogP contribution < -0.4 is 20.8 Å². The molecule has 0 spiro atoms. The van der Waals surface area contributed by atoms with E-state index < -0.39 is 11.8 Å². The summed E-state index contributed by atoms with van der Waals surface area (Å²) >= 11 is 0. The molecule has 0 aliphatic rings. The maximum absolute atomic E-state index is 12.0. The molecule has 2 rings (SSSR count). The van der Waals surface area contributed by atoms with Crippen LogP contribution in [-0.2, 0) is 20.8 Å². The van der Waals surface area contributed by atoms with E-state index >= 15 is 0 Å². The monoisotopic (exact) mass is 424 g/mol. The Labute approximate surface area is 182 Å². The van der Waals surface area contributed by atoms with Crippen molar-refractivity contribution in [1.82, 2.24) is 10.7 Å². The number of hydrazone groups is 1. The number of carbonyl (C=O) groups excluding carboxylic acids is 3. The number of rotatable bonds is 9. The SMILES string of the molecule is CCc1ccc(NC(=O)COc2ccc(/C=N\NC(=O)C(=O)N[C@H](C)CC)cc2)cc1. The van der Waals surface area contributed by atoms with Gasteiger partial charge in [0.1, 0.15) is 5.75 Å². The van der Waals surface area contributed by atoms with Gasteiger partial charge < -0.3 is 15.4 Å². The predicted octanol–water partition coefficient (Wildman–Crippen LogP) is 2.63. The Hall–Kier alpha value is -3.68. The second-order valence-corrected chi connectivity index (χ2v) is 6.94. The number of nitrogens with one attached hydrogen (secondary N) is 3. The highest BCUT2D eigenvalue weighted by atomic mass is 16.5. The van der Waals surface area contributed by atoms with Crippen molar-refractivity contribution in [1.29, 1.82) is 0 Å². The third kappa shape index (κ3) is 8.30. The van der Waals surface area contributed by atoms with Crippen molar-refractivity contribution in [3.63, 3.8) is 0 Å². The highest BCUT2D eigenvalue weighted by Crippen LogP contribution is 2.12. The minimum atomic E-state index is -0.827. The third-order valence-corrected chi connectivity index (χ3v) is 4.47. The summed E-state index contributed by atoms with van der Waals surface area (Å²) in [6.07, 6.45) is 3.08. The lowest BCUT2D eigenvalue weighted by molar-refractivity contribution is -0.139. The van der Waals surface area contributed by atoms with Crippen molar-refractivity contribution in [2.45, 2.75) is 39.7 Å². The second-order valence-electron chi connectivity index (χ2n) is 6.94. The van der Waals surface area contributed by atoms with Crippen LogP contribution in [0.25, 0.3) is 0 Å². The molecule has 31 heavy (non-hydrogen) atoms.